The van der Waals surface area contributed by atoms with Crippen LogP contribution in [0.3, 0.4) is 0 Å². The van der Waals surface area contributed by atoms with E-state index in [1.54, 1.807) is 31.2 Å². The maximum Gasteiger partial charge on any atom is 0.175 e. The lowest BCUT2D eigenvalue weighted by molar-refractivity contribution is -0.117. The minimum atomic E-state index is -3.29. The van der Waals surface area contributed by atoms with Gasteiger partial charge in [0, 0.05) is 11.1 Å². The van der Waals surface area contributed by atoms with Gasteiger partial charge in [0.15, 0.2) is 15.6 Å². The summed E-state index contributed by atoms with van der Waals surface area (Å²) in [7, 11) is -3.29. The first kappa shape index (κ1) is 20.8. The lowest BCUT2D eigenvalue weighted by Gasteiger charge is -2.24. The number of hydrazine groups is 1. The van der Waals surface area contributed by atoms with Crippen LogP contribution in [-0.2, 0) is 14.6 Å². The Morgan fingerprint density at radius 2 is 1.80 bits per heavy atom. The van der Waals surface area contributed by atoms with Crippen molar-refractivity contribution in [3.8, 4) is 10.4 Å². The number of carbonyl (C=O) groups is 1. The molecule has 1 atom stereocenters. The minimum absolute atomic E-state index is 0.000290. The Kier molecular flexibility index (Phi) is 5.55. The standard InChI is InChI=1S/C22H19ClN2O3S2/c1-14(26)18-13-20(25(24-18)19-9-4-3-8-17(19)23)22-11-10-21(29-22)15-6-5-7-16(12-15)30(2,27)28/h3-13,18,24H,1-2H3. The normalized spacial score (nSPS) is 16.6. The summed E-state index contributed by atoms with van der Waals surface area (Å²) in [5, 5.41) is 2.40. The van der Waals surface area contributed by atoms with Crippen LogP contribution >= 0.6 is 22.9 Å². The second-order valence-electron chi connectivity index (χ2n) is 7.02. The Balaban J connectivity index is 1.74. The van der Waals surface area contributed by atoms with Crippen LogP contribution in [0.5, 0.6) is 0 Å². The van der Waals surface area contributed by atoms with Gasteiger partial charge in [0.2, 0.25) is 0 Å². The molecule has 1 aromatic heterocycles. The first-order chi connectivity index (χ1) is 14.2. The number of anilines is 1. The molecule has 4 rings (SSSR count). The smallest absolute Gasteiger partial charge is 0.175 e. The molecule has 3 aromatic rings. The summed E-state index contributed by atoms with van der Waals surface area (Å²) in [6, 6.07) is 17.8. The van der Waals surface area contributed by atoms with Crippen molar-refractivity contribution >= 4 is 49.9 Å². The molecule has 0 fully saturated rings. The van der Waals surface area contributed by atoms with E-state index in [0.29, 0.717) is 5.02 Å². The summed E-state index contributed by atoms with van der Waals surface area (Å²) in [6.07, 6.45) is 3.08. The van der Waals surface area contributed by atoms with Gasteiger partial charge >= 0.3 is 0 Å². The van der Waals surface area contributed by atoms with Gasteiger partial charge in [0.25, 0.3) is 0 Å². The van der Waals surface area contributed by atoms with Crippen LogP contribution in [0.25, 0.3) is 16.1 Å². The minimum Gasteiger partial charge on any atom is -0.298 e. The number of nitrogens with one attached hydrogen (secondary N) is 1. The molecular weight excluding hydrogens is 440 g/mol. The van der Waals surface area contributed by atoms with Crippen LogP contribution < -0.4 is 10.4 Å². The van der Waals surface area contributed by atoms with Crippen molar-refractivity contribution in [2.24, 2.45) is 0 Å². The average Bonchev–Trinajstić information content (AvgIpc) is 3.35. The zero-order valence-corrected chi connectivity index (χ0v) is 18.7. The molecule has 0 saturated heterocycles. The number of thiophene rings is 1. The van der Waals surface area contributed by atoms with Crippen LogP contribution in [0.4, 0.5) is 5.69 Å². The van der Waals surface area contributed by atoms with Gasteiger partial charge in [-0.15, -0.1) is 11.3 Å². The number of para-hydroxylation sites is 1. The molecular formula is C22H19ClN2O3S2. The molecule has 1 aliphatic heterocycles. The topological polar surface area (TPSA) is 66.5 Å². The first-order valence-electron chi connectivity index (χ1n) is 9.18. The van der Waals surface area contributed by atoms with Crippen LogP contribution in [0.15, 0.2) is 71.6 Å². The van der Waals surface area contributed by atoms with Gasteiger partial charge in [-0.25, -0.2) is 13.8 Å². The average molecular weight is 459 g/mol. The zero-order valence-electron chi connectivity index (χ0n) is 16.3. The number of carbonyl (C=O) groups excluding carboxylic acids is 1. The van der Waals surface area contributed by atoms with E-state index in [1.807, 2.05) is 47.5 Å². The SMILES string of the molecule is CC(=O)C1C=C(c2ccc(-c3cccc(S(C)(=O)=O)c3)s2)N(c2ccccc2Cl)N1. The molecule has 1 unspecified atom stereocenters. The van der Waals surface area contributed by atoms with Gasteiger partial charge in [0.1, 0.15) is 6.04 Å². The van der Waals surface area contributed by atoms with E-state index in [4.69, 9.17) is 11.6 Å². The van der Waals surface area contributed by atoms with E-state index in [9.17, 15) is 13.2 Å². The first-order valence-corrected chi connectivity index (χ1v) is 12.3. The van der Waals surface area contributed by atoms with Crippen molar-refractivity contribution in [1.82, 2.24) is 5.43 Å². The lowest BCUT2D eigenvalue weighted by Crippen LogP contribution is -2.40. The van der Waals surface area contributed by atoms with Gasteiger partial charge < -0.3 is 0 Å². The predicted octanol–water partition coefficient (Wildman–Crippen LogP) is 4.80. The number of sulfone groups is 1. The molecule has 154 valence electrons. The molecule has 30 heavy (non-hydrogen) atoms. The van der Waals surface area contributed by atoms with Crippen LogP contribution in [-0.4, -0.2) is 26.5 Å². The number of hydrogen-bond donors (Lipinski definition) is 1. The fourth-order valence-electron chi connectivity index (χ4n) is 3.22. The zero-order chi connectivity index (χ0) is 21.5. The quantitative estimate of drug-likeness (QED) is 0.595. The number of Topliss-reactive ketones (excluding diaryl/α,β-unsaturated/α-hetero) is 1. The molecule has 0 bridgehead atoms. The lowest BCUT2D eigenvalue weighted by atomic mass is 10.2. The third-order valence-corrected chi connectivity index (χ3v) is 7.36. The summed E-state index contributed by atoms with van der Waals surface area (Å²) in [6.45, 7) is 1.54. The number of halogens is 1. The largest absolute Gasteiger partial charge is 0.298 e. The maximum absolute atomic E-state index is 12.0. The molecule has 5 nitrogen and oxygen atoms in total. The summed E-state index contributed by atoms with van der Waals surface area (Å²) in [5.41, 5.74) is 5.62. The van der Waals surface area contributed by atoms with E-state index in [0.717, 1.165) is 26.7 Å². The third kappa shape index (κ3) is 4.06. The predicted molar refractivity (Wildman–Crippen MR) is 122 cm³/mol. The monoisotopic (exact) mass is 458 g/mol. The number of nitrogens with zero attached hydrogens (tertiary/aromatic N) is 1. The van der Waals surface area contributed by atoms with Crippen molar-refractivity contribution in [1.29, 1.82) is 0 Å². The van der Waals surface area contributed by atoms with Crippen molar-refractivity contribution in [2.45, 2.75) is 17.9 Å². The number of hydrogen-bond acceptors (Lipinski definition) is 6. The van der Waals surface area contributed by atoms with Crippen molar-refractivity contribution in [3.05, 3.63) is 76.6 Å². The number of ketones is 1. The van der Waals surface area contributed by atoms with Crippen molar-refractivity contribution < 1.29 is 13.2 Å². The summed E-state index contributed by atoms with van der Waals surface area (Å²) < 4.78 is 23.8. The van der Waals surface area contributed by atoms with Gasteiger partial charge in [-0.1, -0.05) is 35.9 Å². The Bertz CT molecular complexity index is 1260. The Labute approximate surface area is 184 Å². The van der Waals surface area contributed by atoms with Gasteiger partial charge in [-0.3, -0.25) is 9.80 Å². The molecule has 0 saturated carbocycles. The molecule has 0 amide bonds. The van der Waals surface area contributed by atoms with Crippen LogP contribution in [0, 0.1) is 0 Å². The van der Waals surface area contributed by atoms with E-state index in [1.165, 1.54) is 17.6 Å². The van der Waals surface area contributed by atoms with E-state index in [-0.39, 0.29) is 10.7 Å². The van der Waals surface area contributed by atoms with Gasteiger partial charge in [-0.05, 0) is 55.0 Å². The van der Waals surface area contributed by atoms with E-state index >= 15 is 0 Å². The maximum atomic E-state index is 12.0. The molecule has 8 heteroatoms. The highest BCUT2D eigenvalue weighted by atomic mass is 35.5. The molecule has 0 aliphatic carbocycles. The molecule has 2 aromatic carbocycles. The molecule has 0 radical (unpaired) electrons. The number of rotatable bonds is 5. The fraction of sp³-hybridized carbons (Fsp3) is 0.136. The second kappa shape index (κ2) is 8.00. The van der Waals surface area contributed by atoms with Gasteiger partial charge in [-0.2, -0.15) is 0 Å². The summed E-state index contributed by atoms with van der Waals surface area (Å²) in [5.74, 6) is -0.000290. The second-order valence-corrected chi connectivity index (χ2v) is 10.5. The highest BCUT2D eigenvalue weighted by Gasteiger charge is 2.29. The third-order valence-electron chi connectivity index (χ3n) is 4.77. The molecule has 1 N–H and O–H groups in total. The Morgan fingerprint density at radius 1 is 1.07 bits per heavy atom. The van der Waals surface area contributed by atoms with Crippen LogP contribution in [0.1, 0.15) is 11.8 Å². The highest BCUT2D eigenvalue weighted by molar-refractivity contribution is 7.90. The van der Waals surface area contributed by atoms with E-state index < -0.39 is 15.9 Å². The number of benzene rings is 2. The van der Waals surface area contributed by atoms with Crippen LogP contribution in [0.2, 0.25) is 5.02 Å². The van der Waals surface area contributed by atoms with Crippen molar-refractivity contribution in [2.75, 3.05) is 11.3 Å². The highest BCUT2D eigenvalue weighted by Crippen LogP contribution is 2.39. The fourth-order valence-corrected chi connectivity index (χ4v) is 5.13. The summed E-state index contributed by atoms with van der Waals surface area (Å²) >= 11 is 7.92. The van der Waals surface area contributed by atoms with E-state index in [2.05, 4.69) is 5.43 Å². The molecule has 1 aliphatic rings. The summed E-state index contributed by atoms with van der Waals surface area (Å²) in [4.78, 5) is 14.2. The molecule has 0 spiro atoms. The Hall–Kier alpha value is -2.45. The molecule has 2 heterocycles. The van der Waals surface area contributed by atoms with Crippen molar-refractivity contribution in [3.63, 3.8) is 0 Å². The Morgan fingerprint density at radius 3 is 2.50 bits per heavy atom. The van der Waals surface area contributed by atoms with Gasteiger partial charge in [0.05, 0.1) is 26.2 Å².